The first-order valence-corrected chi connectivity index (χ1v) is 4.02. The van der Waals surface area contributed by atoms with Crippen molar-refractivity contribution < 1.29 is 9.84 Å². The molecule has 0 aromatic rings. The Labute approximate surface area is 63.3 Å². The molecule has 0 aromatic heterocycles. The lowest BCUT2D eigenvalue weighted by Crippen LogP contribution is -2.23. The highest BCUT2D eigenvalue weighted by molar-refractivity contribution is 9.09. The monoisotopic (exact) mass is 194 g/mol. The molecule has 1 saturated carbocycles. The average molecular weight is 195 g/mol. The summed E-state index contributed by atoms with van der Waals surface area (Å²) in [4.78, 5) is 0.141. The summed E-state index contributed by atoms with van der Waals surface area (Å²) in [6.45, 7) is 0. The smallest absolute Gasteiger partial charge is 0.0722 e. The van der Waals surface area contributed by atoms with Crippen LogP contribution in [0.2, 0.25) is 0 Å². The zero-order valence-electron chi connectivity index (χ0n) is 5.38. The van der Waals surface area contributed by atoms with Crippen molar-refractivity contribution in [1.82, 2.24) is 0 Å². The fraction of sp³-hybridized carbons (Fsp3) is 1.00. The van der Waals surface area contributed by atoms with Gasteiger partial charge in [0.15, 0.2) is 0 Å². The Hall–Kier alpha value is 0.400. The van der Waals surface area contributed by atoms with Crippen LogP contribution in [0.5, 0.6) is 0 Å². The number of ether oxygens (including phenoxy) is 1. The molecule has 0 aliphatic heterocycles. The first-order chi connectivity index (χ1) is 4.25. The third-order valence-corrected chi connectivity index (χ3v) is 2.97. The van der Waals surface area contributed by atoms with Crippen molar-refractivity contribution in [2.45, 2.75) is 29.9 Å². The van der Waals surface area contributed by atoms with Crippen molar-refractivity contribution in [3.8, 4) is 0 Å². The van der Waals surface area contributed by atoms with Gasteiger partial charge in [0, 0.05) is 7.11 Å². The van der Waals surface area contributed by atoms with E-state index in [4.69, 9.17) is 4.74 Å². The van der Waals surface area contributed by atoms with Crippen LogP contribution in [0.3, 0.4) is 0 Å². The molecular formula is C6H11BrO2. The van der Waals surface area contributed by atoms with Crippen LogP contribution in [0.1, 0.15) is 12.8 Å². The number of halogens is 1. The molecule has 3 atom stereocenters. The highest BCUT2D eigenvalue weighted by Gasteiger charge is 2.32. The predicted molar refractivity (Wildman–Crippen MR) is 38.8 cm³/mol. The lowest BCUT2D eigenvalue weighted by Gasteiger charge is -2.12. The third-order valence-electron chi connectivity index (χ3n) is 1.77. The van der Waals surface area contributed by atoms with Crippen LogP contribution in [-0.4, -0.2) is 29.3 Å². The molecule has 2 nitrogen and oxygen atoms in total. The van der Waals surface area contributed by atoms with Crippen LogP contribution >= 0.6 is 15.9 Å². The molecule has 0 unspecified atom stereocenters. The van der Waals surface area contributed by atoms with E-state index in [0.717, 1.165) is 12.8 Å². The first-order valence-electron chi connectivity index (χ1n) is 3.10. The second-order valence-electron chi connectivity index (χ2n) is 2.36. The maximum absolute atomic E-state index is 9.17. The summed E-state index contributed by atoms with van der Waals surface area (Å²) in [6, 6.07) is 0. The molecule has 1 rings (SSSR count). The zero-order valence-corrected chi connectivity index (χ0v) is 6.97. The Bertz CT molecular complexity index is 97.1. The summed E-state index contributed by atoms with van der Waals surface area (Å²) < 4.78 is 5.09. The normalized spacial score (nSPS) is 43.7. The first kappa shape index (κ1) is 7.51. The summed E-state index contributed by atoms with van der Waals surface area (Å²) in [5.41, 5.74) is 0. The topological polar surface area (TPSA) is 29.5 Å². The molecule has 0 aromatic carbocycles. The largest absolute Gasteiger partial charge is 0.392 e. The molecule has 1 fully saturated rings. The number of methoxy groups -OCH3 is 1. The van der Waals surface area contributed by atoms with Gasteiger partial charge in [-0.2, -0.15) is 0 Å². The van der Waals surface area contributed by atoms with Gasteiger partial charge in [-0.05, 0) is 12.8 Å². The van der Waals surface area contributed by atoms with Crippen LogP contribution in [0.15, 0.2) is 0 Å². The van der Waals surface area contributed by atoms with Gasteiger partial charge in [-0.1, -0.05) is 15.9 Å². The molecule has 9 heavy (non-hydrogen) atoms. The molecular weight excluding hydrogens is 184 g/mol. The Morgan fingerprint density at radius 2 is 2.22 bits per heavy atom. The molecule has 1 aliphatic carbocycles. The van der Waals surface area contributed by atoms with Gasteiger partial charge >= 0.3 is 0 Å². The minimum atomic E-state index is -0.213. The number of aliphatic hydroxyl groups excluding tert-OH is 1. The van der Waals surface area contributed by atoms with E-state index in [-0.39, 0.29) is 17.0 Å². The molecule has 3 heteroatoms. The second kappa shape index (κ2) is 2.99. The van der Waals surface area contributed by atoms with Gasteiger partial charge in [-0.15, -0.1) is 0 Å². The summed E-state index contributed by atoms with van der Waals surface area (Å²) in [7, 11) is 1.68. The third kappa shape index (κ3) is 1.45. The molecule has 1 aliphatic rings. The quantitative estimate of drug-likeness (QED) is 0.630. The van der Waals surface area contributed by atoms with Crippen LogP contribution in [0, 0.1) is 0 Å². The number of hydrogen-bond donors (Lipinski definition) is 1. The number of alkyl halides is 1. The fourth-order valence-electron chi connectivity index (χ4n) is 1.15. The molecule has 0 saturated heterocycles. The molecule has 1 N–H and O–H groups in total. The second-order valence-corrected chi connectivity index (χ2v) is 3.42. The van der Waals surface area contributed by atoms with Crippen LogP contribution < -0.4 is 0 Å². The van der Waals surface area contributed by atoms with Crippen molar-refractivity contribution in [3.05, 3.63) is 0 Å². The lowest BCUT2D eigenvalue weighted by atomic mass is 10.3. The van der Waals surface area contributed by atoms with E-state index < -0.39 is 0 Å². The van der Waals surface area contributed by atoms with Gasteiger partial charge in [0.25, 0.3) is 0 Å². The molecule has 0 spiro atoms. The Morgan fingerprint density at radius 3 is 2.44 bits per heavy atom. The van der Waals surface area contributed by atoms with Crippen LogP contribution in [-0.2, 0) is 4.74 Å². The Balaban J connectivity index is 2.41. The zero-order chi connectivity index (χ0) is 6.85. The highest BCUT2D eigenvalue weighted by Crippen LogP contribution is 2.27. The number of rotatable bonds is 1. The molecule has 54 valence electrons. The SMILES string of the molecule is CO[C@@H]1CC[C@@H](O)[C@H]1Br. The molecule has 0 bridgehead atoms. The van der Waals surface area contributed by atoms with E-state index in [0.29, 0.717) is 0 Å². The van der Waals surface area contributed by atoms with Crippen molar-refractivity contribution in [1.29, 1.82) is 0 Å². The van der Waals surface area contributed by atoms with Gasteiger partial charge in [0.1, 0.15) is 0 Å². The molecule has 0 amide bonds. The van der Waals surface area contributed by atoms with E-state index >= 15 is 0 Å². The summed E-state index contributed by atoms with van der Waals surface area (Å²) in [5, 5.41) is 9.17. The molecule has 0 heterocycles. The van der Waals surface area contributed by atoms with Crippen molar-refractivity contribution in [2.75, 3.05) is 7.11 Å². The predicted octanol–water partition coefficient (Wildman–Crippen LogP) is 0.920. The Morgan fingerprint density at radius 1 is 1.56 bits per heavy atom. The number of aliphatic hydroxyl groups is 1. The minimum absolute atomic E-state index is 0.141. The van der Waals surface area contributed by atoms with Crippen LogP contribution in [0.25, 0.3) is 0 Å². The van der Waals surface area contributed by atoms with Gasteiger partial charge in [-0.3, -0.25) is 0 Å². The van der Waals surface area contributed by atoms with E-state index in [9.17, 15) is 5.11 Å². The number of hydrogen-bond acceptors (Lipinski definition) is 2. The van der Waals surface area contributed by atoms with Crippen LogP contribution in [0.4, 0.5) is 0 Å². The maximum Gasteiger partial charge on any atom is 0.0722 e. The summed E-state index contributed by atoms with van der Waals surface area (Å²) >= 11 is 3.36. The van der Waals surface area contributed by atoms with E-state index in [1.807, 2.05) is 0 Å². The van der Waals surface area contributed by atoms with Gasteiger partial charge in [0.05, 0.1) is 17.0 Å². The molecule has 0 radical (unpaired) electrons. The maximum atomic E-state index is 9.17. The lowest BCUT2D eigenvalue weighted by molar-refractivity contribution is 0.0981. The fourth-order valence-corrected chi connectivity index (χ4v) is 1.89. The van der Waals surface area contributed by atoms with Crippen molar-refractivity contribution in [2.24, 2.45) is 0 Å². The van der Waals surface area contributed by atoms with Crippen molar-refractivity contribution in [3.63, 3.8) is 0 Å². The standard InChI is InChI=1S/C6H11BrO2/c1-9-5-3-2-4(8)6(5)7/h4-6,8H,2-3H2,1H3/t4-,5-,6-/m1/s1. The minimum Gasteiger partial charge on any atom is -0.392 e. The van der Waals surface area contributed by atoms with E-state index in [1.54, 1.807) is 7.11 Å². The highest BCUT2D eigenvalue weighted by atomic mass is 79.9. The van der Waals surface area contributed by atoms with E-state index in [1.165, 1.54) is 0 Å². The average Bonchev–Trinajstić information content (AvgIpc) is 2.15. The summed E-state index contributed by atoms with van der Waals surface area (Å²) in [6.07, 6.45) is 1.82. The van der Waals surface area contributed by atoms with Gasteiger partial charge < -0.3 is 9.84 Å². The summed E-state index contributed by atoms with van der Waals surface area (Å²) in [5.74, 6) is 0. The Kier molecular flexibility index (Phi) is 2.50. The van der Waals surface area contributed by atoms with Gasteiger partial charge in [0.2, 0.25) is 0 Å². The van der Waals surface area contributed by atoms with Crippen molar-refractivity contribution >= 4 is 15.9 Å². The van der Waals surface area contributed by atoms with Gasteiger partial charge in [-0.25, -0.2) is 0 Å². The van der Waals surface area contributed by atoms with E-state index in [2.05, 4.69) is 15.9 Å².